The zero-order valence-corrected chi connectivity index (χ0v) is 52.5. The molecule has 12 aromatic rings. The van der Waals surface area contributed by atoms with Crippen molar-refractivity contribution in [1.82, 2.24) is 19.9 Å². The minimum Gasteiger partial charge on any atom is -0.494 e. The fraction of sp³-hybridized carbons (Fsp3) is 0. The van der Waals surface area contributed by atoms with Gasteiger partial charge < -0.3 is 40.4 Å². The molecule has 0 radical (unpaired) electrons. The predicted octanol–water partition coefficient (Wildman–Crippen LogP) is 16.1. The Balaban J connectivity index is 0.000000125. The van der Waals surface area contributed by atoms with Crippen molar-refractivity contribution < 1.29 is 92.8 Å². The zero-order chi connectivity index (χ0) is 75.6. The number of rotatable bonds is 9. The van der Waals surface area contributed by atoms with Gasteiger partial charge in [-0.05, 0) is 108 Å². The van der Waals surface area contributed by atoms with E-state index in [-0.39, 0.29) is 124 Å². The highest BCUT2D eigenvalue weighted by Gasteiger charge is 2.39. The number of nitrogens with zero attached hydrogens (tertiary/aromatic N) is 7. The Kier molecular flexibility index (Phi) is 17.8. The molecule has 0 saturated carbocycles. The number of aromatic amines is 4. The summed E-state index contributed by atoms with van der Waals surface area (Å²) in [6, 6.07) is 30.3. The average molecular weight is 1450 g/mol. The van der Waals surface area contributed by atoms with E-state index >= 15 is 0 Å². The van der Waals surface area contributed by atoms with Crippen LogP contribution in [0.15, 0.2) is 178 Å². The highest BCUT2D eigenvalue weighted by molar-refractivity contribution is 6.33. The summed E-state index contributed by atoms with van der Waals surface area (Å²) in [6.45, 7) is 14.2. The number of hydrogen-bond acceptors (Lipinski definition) is 10. The number of non-ortho nitro benzene ring substituents is 1. The van der Waals surface area contributed by atoms with Gasteiger partial charge in [0.25, 0.3) is 29.3 Å². The number of carbonyl (C=O) groups excluding carboxylic acids is 4. The molecule has 0 spiro atoms. The van der Waals surface area contributed by atoms with Crippen LogP contribution in [0.4, 0.5) is 65.4 Å². The summed E-state index contributed by atoms with van der Waals surface area (Å²) < 4.78 is 149. The smallest absolute Gasteiger partial charge is 0.280 e. The van der Waals surface area contributed by atoms with E-state index in [1.54, 1.807) is 42.5 Å². The van der Waals surface area contributed by atoms with Gasteiger partial charge in [-0.2, -0.15) is 0 Å². The second-order valence-electron chi connectivity index (χ2n) is 22.9. The number of aliphatic imine (C=N–C) groups is 4. The van der Waals surface area contributed by atoms with Gasteiger partial charge in [0.2, 0.25) is 0 Å². The van der Waals surface area contributed by atoms with E-state index in [1.165, 1.54) is 30.3 Å². The van der Waals surface area contributed by atoms with Gasteiger partial charge >= 0.3 is 0 Å². The van der Waals surface area contributed by atoms with Crippen LogP contribution in [0, 0.1) is 87.2 Å². The van der Waals surface area contributed by atoms with Crippen molar-refractivity contribution in [3.8, 4) is 68.5 Å². The van der Waals surface area contributed by atoms with Crippen LogP contribution in [-0.2, 0) is 0 Å². The third-order valence-electron chi connectivity index (χ3n) is 16.4. The maximum Gasteiger partial charge on any atom is 0.280 e. The molecule has 4 aliphatic heterocycles. The lowest BCUT2D eigenvalue weighted by Crippen LogP contribution is -2.04. The molecule has 4 aromatic heterocycles. The number of amides is 4. The van der Waals surface area contributed by atoms with E-state index in [2.05, 4.69) is 49.6 Å². The maximum atomic E-state index is 14.1. The van der Waals surface area contributed by atoms with E-state index in [9.17, 15) is 98.0 Å². The first-order valence-electron chi connectivity index (χ1n) is 30.1. The number of hydrogen-bond donors (Lipinski definition) is 8. The Hall–Kier alpha value is -15.0. The number of nitro benzene ring substituents is 1. The van der Waals surface area contributed by atoms with Crippen LogP contribution >= 0.6 is 0 Å². The number of nitro groups is 1. The first kappa shape index (κ1) is 69.5. The molecule has 0 unspecified atom stereocenters. The molecule has 106 heavy (non-hydrogen) atoms. The largest absolute Gasteiger partial charge is 0.494 e. The second-order valence-corrected chi connectivity index (χ2v) is 22.9. The van der Waals surface area contributed by atoms with Gasteiger partial charge in [-0.3, -0.25) is 29.3 Å². The highest BCUT2D eigenvalue weighted by Crippen LogP contribution is 2.44. The SMILES string of the molecule is O=C1N=C(c2cc(F)cc(F)c2)c2c(O)[nH]c(-c3cc(F)cc(F)c3)c21.O=C1N=C(c2cc(F)ccc2F)c2c(O)[nH]c(-c3cc(F)ccc3F)c21.[C-]#[N+]c1cccc(-c2[nH]c(O)c3c2C(=O)N=C3c2ccc([N+](=O)[O-])cc2)c1.[C-]#[N+]c1cccc(C2=NC(=O)c3c(-c4cc(F)c(F)c(F)c4)[nH]c(O)c32)c1. The lowest BCUT2D eigenvalue weighted by molar-refractivity contribution is -0.384. The van der Waals surface area contributed by atoms with Crippen LogP contribution in [-0.4, -0.2) is 91.8 Å². The Labute approximate surface area is 584 Å². The molecule has 16 rings (SSSR count). The van der Waals surface area contributed by atoms with Gasteiger partial charge in [-0.1, -0.05) is 36.4 Å². The summed E-state index contributed by atoms with van der Waals surface area (Å²) in [5, 5.41) is 51.8. The summed E-state index contributed by atoms with van der Waals surface area (Å²) in [5.41, 5.74) is 1.01. The van der Waals surface area contributed by atoms with Gasteiger partial charge in [0.05, 0.1) is 108 Å². The summed E-state index contributed by atoms with van der Waals surface area (Å²) in [7, 11) is 0. The molecule has 4 amide bonds. The van der Waals surface area contributed by atoms with Crippen LogP contribution < -0.4 is 0 Å². The number of carbonyl (C=O) groups is 4. The molecular formula is C74H34F11N11O10. The third-order valence-corrected chi connectivity index (χ3v) is 16.4. The summed E-state index contributed by atoms with van der Waals surface area (Å²) in [5.74, 6) is -15.9. The minimum atomic E-state index is -1.63. The second kappa shape index (κ2) is 27.2. The Morgan fingerprint density at radius 2 is 0.698 bits per heavy atom. The molecule has 4 aliphatic rings. The quantitative estimate of drug-likeness (QED) is 0.0222. The Bertz CT molecular complexity index is 6030. The number of benzene rings is 8. The van der Waals surface area contributed by atoms with Crippen LogP contribution in [0.5, 0.6) is 23.5 Å². The molecule has 21 nitrogen and oxygen atoms in total. The number of nitrogens with one attached hydrogen (secondary N) is 4. The van der Waals surface area contributed by atoms with Crippen molar-refractivity contribution in [1.29, 1.82) is 0 Å². The molecular weight excluding hydrogens is 1410 g/mol. The fourth-order valence-corrected chi connectivity index (χ4v) is 11.9. The topological polar surface area (TPSA) is 314 Å². The van der Waals surface area contributed by atoms with Crippen molar-refractivity contribution >= 4 is 63.5 Å². The van der Waals surface area contributed by atoms with E-state index in [0.29, 0.717) is 45.9 Å². The normalized spacial score (nSPS) is 12.8. The molecule has 0 bridgehead atoms. The van der Waals surface area contributed by atoms with Crippen molar-refractivity contribution in [2.45, 2.75) is 0 Å². The van der Waals surface area contributed by atoms with E-state index in [1.807, 2.05) is 0 Å². The minimum absolute atomic E-state index is 0.0192. The standard InChI is InChI=1S/C19H8F3N3O2.C19H10N4O4.2C18H8F4N2O2/c1-23-10-4-2-3-8(5-10)16-13-14(19(27)24-16)17(25-18(13)26)9-6-11(20)15(22)12(21)7-9;1-20-12-4-2-3-11(9-12)17-15-14(18(24)22-17)16(21-19(15)25)10-5-7-13(8-6-10)23(26)27;19-9-1-7(2-10(20)5-9)15-13-14(18(26)23-15)16(24-17(13)25)8-3-11(21)6-12(22)4-8;19-7-1-3-11(21)9(5-7)15-13-14(18(26)23-15)16(24-17(13)25)10-6-8(20)2-4-12(10)22/h2-7,25-26H;2-9,22,24H;2*1-6,23,26H. The first-order valence-corrected chi connectivity index (χ1v) is 30.1. The van der Waals surface area contributed by atoms with Crippen LogP contribution in [0.1, 0.15) is 85.9 Å². The van der Waals surface area contributed by atoms with Crippen molar-refractivity contribution in [3.63, 3.8) is 0 Å². The van der Waals surface area contributed by atoms with Crippen LogP contribution in [0.2, 0.25) is 0 Å². The molecule has 522 valence electrons. The fourth-order valence-electron chi connectivity index (χ4n) is 11.9. The summed E-state index contributed by atoms with van der Waals surface area (Å²) in [4.78, 5) is 91.9. The lowest BCUT2D eigenvalue weighted by atomic mass is 9.99. The van der Waals surface area contributed by atoms with E-state index in [0.717, 1.165) is 72.8 Å². The molecule has 0 saturated heterocycles. The number of H-pyrrole nitrogens is 4. The number of halogens is 11. The number of aromatic hydroxyl groups is 4. The van der Waals surface area contributed by atoms with Crippen LogP contribution in [0.3, 0.4) is 0 Å². The van der Waals surface area contributed by atoms with Crippen molar-refractivity contribution in [3.05, 3.63) is 321 Å². The van der Waals surface area contributed by atoms with Crippen LogP contribution in [0.25, 0.3) is 54.7 Å². The molecule has 8 heterocycles. The molecule has 8 N–H and O–H groups in total. The van der Waals surface area contributed by atoms with E-state index < -0.39 is 110 Å². The van der Waals surface area contributed by atoms with Gasteiger partial charge in [-0.15, -0.1) is 0 Å². The molecule has 32 heteroatoms. The first-order chi connectivity index (χ1) is 50.6. The highest BCUT2D eigenvalue weighted by atomic mass is 19.2. The number of fused-ring (bicyclic) bond motifs is 4. The zero-order valence-electron chi connectivity index (χ0n) is 52.5. The van der Waals surface area contributed by atoms with Crippen molar-refractivity contribution in [2.24, 2.45) is 20.0 Å². The summed E-state index contributed by atoms with van der Waals surface area (Å²) in [6.07, 6.45) is 0. The van der Waals surface area contributed by atoms with Crippen molar-refractivity contribution in [2.75, 3.05) is 0 Å². The number of aromatic nitrogens is 4. The van der Waals surface area contributed by atoms with Gasteiger partial charge in [0, 0.05) is 57.6 Å². The molecule has 0 aliphatic carbocycles. The monoisotopic (exact) mass is 1450 g/mol. The molecule has 0 fully saturated rings. The predicted molar refractivity (Wildman–Crippen MR) is 356 cm³/mol. The average Bonchev–Trinajstić information content (AvgIpc) is 1.57. The third kappa shape index (κ3) is 12.7. The summed E-state index contributed by atoms with van der Waals surface area (Å²) >= 11 is 0. The Morgan fingerprint density at radius 3 is 1.16 bits per heavy atom. The van der Waals surface area contributed by atoms with Gasteiger partial charge in [0.15, 0.2) is 52.3 Å². The Morgan fingerprint density at radius 1 is 0.340 bits per heavy atom. The van der Waals surface area contributed by atoms with Gasteiger partial charge in [0.1, 0.15) is 46.5 Å². The lowest BCUT2D eigenvalue weighted by Gasteiger charge is -2.03. The maximum absolute atomic E-state index is 14.1. The van der Waals surface area contributed by atoms with Gasteiger partial charge in [-0.25, -0.2) is 78.0 Å². The molecule has 8 aromatic carbocycles. The molecule has 0 atom stereocenters. The van der Waals surface area contributed by atoms with E-state index in [4.69, 9.17) is 13.1 Å².